The Hall–Kier alpha value is -3.04. The van der Waals surface area contributed by atoms with E-state index in [4.69, 9.17) is 10.5 Å². The van der Waals surface area contributed by atoms with Crippen LogP contribution in [-0.2, 0) is 27.2 Å². The van der Waals surface area contributed by atoms with Gasteiger partial charge in [-0.2, -0.15) is 0 Å². The summed E-state index contributed by atoms with van der Waals surface area (Å²) in [6.45, 7) is 5.06. The molecule has 8 nitrogen and oxygen atoms in total. The third-order valence-electron chi connectivity index (χ3n) is 4.87. The fourth-order valence-corrected chi connectivity index (χ4v) is 3.57. The van der Waals surface area contributed by atoms with Crippen LogP contribution in [0.1, 0.15) is 56.6 Å². The number of fused-ring (bicyclic) bond motifs is 2. The third kappa shape index (κ3) is 4.42. The molecule has 0 fully saturated rings. The van der Waals surface area contributed by atoms with E-state index in [0.29, 0.717) is 6.29 Å². The molecule has 1 aliphatic rings. The molecule has 1 aliphatic carbocycles. The summed E-state index contributed by atoms with van der Waals surface area (Å²) in [6, 6.07) is -0.879. The first kappa shape index (κ1) is 21.7. The molecule has 2 amide bonds. The second kappa shape index (κ2) is 8.00. The van der Waals surface area contributed by atoms with Crippen LogP contribution in [0, 0.1) is 17.6 Å². The van der Waals surface area contributed by atoms with Crippen molar-refractivity contribution in [2.75, 3.05) is 0 Å². The van der Waals surface area contributed by atoms with Gasteiger partial charge in [-0.1, -0.05) is 0 Å². The first-order valence-electron chi connectivity index (χ1n) is 9.61. The number of halogens is 2. The van der Waals surface area contributed by atoms with Gasteiger partial charge in [0.2, 0.25) is 5.91 Å². The molecule has 4 N–H and O–H groups in total. The van der Waals surface area contributed by atoms with Crippen LogP contribution in [-0.4, -0.2) is 33.9 Å². The Bertz CT molecular complexity index is 964. The number of imidazole rings is 1. The van der Waals surface area contributed by atoms with Crippen LogP contribution in [0.3, 0.4) is 0 Å². The number of alkyl carbamates (subject to hydrolysis) is 1. The highest BCUT2D eigenvalue weighted by Gasteiger charge is 2.32. The Kier molecular flexibility index (Phi) is 5.78. The molecule has 30 heavy (non-hydrogen) atoms. The minimum Gasteiger partial charge on any atom is -0.444 e. The number of amides is 2. The molecule has 0 aliphatic heterocycles. The van der Waals surface area contributed by atoms with Crippen molar-refractivity contribution >= 4 is 29.3 Å². The highest BCUT2D eigenvalue weighted by atomic mass is 19.1. The molecule has 2 atom stereocenters. The van der Waals surface area contributed by atoms with E-state index in [-0.39, 0.29) is 53.7 Å². The van der Waals surface area contributed by atoms with Crippen molar-refractivity contribution in [3.8, 4) is 0 Å². The lowest BCUT2D eigenvalue weighted by atomic mass is 10.1. The number of rotatable bonds is 6. The van der Waals surface area contributed by atoms with E-state index in [1.807, 2.05) is 0 Å². The Morgan fingerprint density at radius 1 is 1.30 bits per heavy atom. The summed E-state index contributed by atoms with van der Waals surface area (Å²) >= 11 is 0. The zero-order valence-corrected chi connectivity index (χ0v) is 17.0. The molecule has 2 aromatic rings. The predicted octanol–water partition coefficient (Wildman–Crippen LogP) is 2.59. The quantitative estimate of drug-likeness (QED) is 0.617. The zero-order chi connectivity index (χ0) is 22.2. The first-order valence-corrected chi connectivity index (χ1v) is 9.61. The average molecular weight is 422 g/mol. The number of hydrogen-bond acceptors (Lipinski definition) is 5. The van der Waals surface area contributed by atoms with Gasteiger partial charge in [-0.15, -0.1) is 0 Å². The smallest absolute Gasteiger partial charge is 0.408 e. The zero-order valence-electron chi connectivity index (χ0n) is 17.0. The summed E-state index contributed by atoms with van der Waals surface area (Å²) in [5, 5.41) is 2.56. The molecule has 1 aromatic carbocycles. The number of H-pyrrole nitrogens is 1. The van der Waals surface area contributed by atoms with Crippen molar-refractivity contribution in [2.24, 2.45) is 11.7 Å². The first-order chi connectivity index (χ1) is 14.0. The number of carbonyl (C=O) groups excluding carboxylic acids is 3. The summed E-state index contributed by atoms with van der Waals surface area (Å²) in [5.41, 5.74) is 4.37. The Morgan fingerprint density at radius 2 is 1.93 bits per heavy atom. The fraction of sp³-hybridized carbons (Fsp3) is 0.500. The number of hydrogen-bond donors (Lipinski definition) is 3. The molecular weight excluding hydrogens is 398 g/mol. The van der Waals surface area contributed by atoms with Gasteiger partial charge in [0.15, 0.2) is 11.6 Å². The number of ether oxygens (including phenoxy) is 1. The van der Waals surface area contributed by atoms with Crippen LogP contribution in [0.25, 0.3) is 11.0 Å². The average Bonchev–Trinajstić information content (AvgIpc) is 3.26. The Morgan fingerprint density at radius 3 is 2.50 bits per heavy atom. The van der Waals surface area contributed by atoms with Gasteiger partial charge in [-0.05, 0) is 51.2 Å². The molecule has 0 radical (unpaired) electrons. The monoisotopic (exact) mass is 422 g/mol. The van der Waals surface area contributed by atoms with Gasteiger partial charge in [-0.25, -0.2) is 18.6 Å². The highest BCUT2D eigenvalue weighted by molar-refractivity contribution is 5.80. The molecule has 1 unspecified atom stereocenters. The number of aromatic amines is 1. The molecule has 10 heteroatoms. The molecule has 1 aromatic heterocycles. The largest absolute Gasteiger partial charge is 0.444 e. The fourth-order valence-electron chi connectivity index (χ4n) is 3.57. The van der Waals surface area contributed by atoms with Crippen LogP contribution in [0.4, 0.5) is 13.6 Å². The van der Waals surface area contributed by atoms with Crippen molar-refractivity contribution in [1.29, 1.82) is 0 Å². The lowest BCUT2D eigenvalue weighted by Crippen LogP contribution is -2.35. The lowest BCUT2D eigenvalue weighted by Gasteiger charge is -2.22. The van der Waals surface area contributed by atoms with Gasteiger partial charge in [0, 0.05) is 12.3 Å². The molecule has 0 bridgehead atoms. The second-order valence-corrected chi connectivity index (χ2v) is 8.44. The minimum absolute atomic E-state index is 0.0601. The Balaban J connectivity index is 1.97. The standard InChI is InChI=1S/C20H24F2N4O4/c1-20(2,3)30-19(29)24-12(4-5-13(23)28)18-25-16-14(21)10-6-9(8-27)7-11(10)15(22)17(16)26-18/h8-9,12H,4-7H2,1-3H3,(H2,23,28)(H,24,29)(H,25,26)/t12-/m0/s1. The Labute approximate surface area is 171 Å². The number of benzene rings is 1. The van der Waals surface area contributed by atoms with Crippen molar-refractivity contribution in [1.82, 2.24) is 15.3 Å². The maximum absolute atomic E-state index is 15.0. The maximum atomic E-state index is 15.0. The van der Waals surface area contributed by atoms with Gasteiger partial charge in [-0.3, -0.25) is 4.79 Å². The van der Waals surface area contributed by atoms with Gasteiger partial charge in [0.1, 0.15) is 28.7 Å². The summed E-state index contributed by atoms with van der Waals surface area (Å²) in [7, 11) is 0. The summed E-state index contributed by atoms with van der Waals surface area (Å²) < 4.78 is 35.2. The van der Waals surface area contributed by atoms with E-state index in [2.05, 4.69) is 15.3 Å². The van der Waals surface area contributed by atoms with Crippen molar-refractivity contribution < 1.29 is 27.9 Å². The molecule has 3 rings (SSSR count). The summed E-state index contributed by atoms with van der Waals surface area (Å²) in [5.74, 6) is -2.36. The number of nitrogens with one attached hydrogen (secondary N) is 2. The minimum atomic E-state index is -0.879. The number of nitrogens with two attached hydrogens (primary N) is 1. The van der Waals surface area contributed by atoms with Crippen molar-refractivity contribution in [3.05, 3.63) is 28.6 Å². The normalized spacial score (nSPS) is 15.1. The van der Waals surface area contributed by atoms with E-state index >= 15 is 0 Å². The number of nitrogens with zero attached hydrogens (tertiary/aromatic N) is 1. The summed E-state index contributed by atoms with van der Waals surface area (Å²) in [4.78, 5) is 41.3. The van der Waals surface area contributed by atoms with E-state index in [9.17, 15) is 23.2 Å². The number of aldehydes is 1. The van der Waals surface area contributed by atoms with E-state index in [1.165, 1.54) is 0 Å². The van der Waals surface area contributed by atoms with Gasteiger partial charge in [0.05, 0.1) is 6.04 Å². The topological polar surface area (TPSA) is 127 Å². The second-order valence-electron chi connectivity index (χ2n) is 8.44. The van der Waals surface area contributed by atoms with Gasteiger partial charge >= 0.3 is 6.09 Å². The number of primary amides is 1. The SMILES string of the molecule is CC(C)(C)OC(=O)N[C@@H](CCC(N)=O)c1nc2c(F)c3c(c(F)c2[nH]1)CC(C=O)C3. The number of carbonyl (C=O) groups is 3. The van der Waals surface area contributed by atoms with Crippen LogP contribution in [0.2, 0.25) is 0 Å². The van der Waals surface area contributed by atoms with Gasteiger partial charge < -0.3 is 25.6 Å². The molecular formula is C20H24F2N4O4. The maximum Gasteiger partial charge on any atom is 0.408 e. The van der Waals surface area contributed by atoms with Crippen molar-refractivity contribution in [2.45, 2.75) is 58.1 Å². The predicted molar refractivity (Wildman–Crippen MR) is 104 cm³/mol. The van der Waals surface area contributed by atoms with E-state index < -0.39 is 41.2 Å². The van der Waals surface area contributed by atoms with Gasteiger partial charge in [0.25, 0.3) is 0 Å². The molecule has 0 spiro atoms. The number of aromatic nitrogens is 2. The van der Waals surface area contributed by atoms with E-state index in [1.54, 1.807) is 20.8 Å². The van der Waals surface area contributed by atoms with Crippen LogP contribution in [0.15, 0.2) is 0 Å². The van der Waals surface area contributed by atoms with E-state index in [0.717, 1.165) is 0 Å². The summed E-state index contributed by atoms with van der Waals surface area (Å²) in [6.07, 6.45) is 0.129. The molecule has 162 valence electrons. The van der Waals surface area contributed by atoms with Crippen LogP contribution in [0.5, 0.6) is 0 Å². The van der Waals surface area contributed by atoms with Crippen molar-refractivity contribution in [3.63, 3.8) is 0 Å². The molecule has 1 heterocycles. The third-order valence-corrected chi connectivity index (χ3v) is 4.87. The lowest BCUT2D eigenvalue weighted by molar-refractivity contribution is -0.118. The molecule has 0 saturated carbocycles. The van der Waals surface area contributed by atoms with Crippen LogP contribution >= 0.6 is 0 Å². The van der Waals surface area contributed by atoms with Crippen LogP contribution < -0.4 is 11.1 Å². The highest BCUT2D eigenvalue weighted by Crippen LogP contribution is 2.36. The molecule has 0 saturated heterocycles.